The predicted octanol–water partition coefficient (Wildman–Crippen LogP) is 3.06. The number of rotatable bonds is 3. The maximum Gasteiger partial charge on any atom is 0.323 e. The van der Waals surface area contributed by atoms with Crippen LogP contribution in [0.15, 0.2) is 41.0 Å². The highest BCUT2D eigenvalue weighted by Gasteiger charge is 2.24. The zero-order valence-electron chi connectivity index (χ0n) is 14.7. The van der Waals surface area contributed by atoms with Gasteiger partial charge in [-0.05, 0) is 15.9 Å². The summed E-state index contributed by atoms with van der Waals surface area (Å²) < 4.78 is 6.86. The van der Waals surface area contributed by atoms with E-state index in [4.69, 9.17) is 0 Å². The van der Waals surface area contributed by atoms with Gasteiger partial charge < -0.3 is 9.80 Å². The van der Waals surface area contributed by atoms with Gasteiger partial charge in [0.15, 0.2) is 5.82 Å². The average molecular weight is 448 g/mol. The molecular weight excluding hydrogens is 430 g/mol. The maximum atomic E-state index is 12.5. The van der Waals surface area contributed by atoms with Crippen LogP contribution in [0.1, 0.15) is 0 Å². The number of piperazine rings is 1. The highest BCUT2D eigenvalue weighted by Crippen LogP contribution is 2.25. The van der Waals surface area contributed by atoms with E-state index in [2.05, 4.69) is 40.6 Å². The Balaban J connectivity index is 1.36. The third kappa shape index (κ3) is 3.81. The number of nitrogens with one attached hydrogen (secondary N) is 1. The van der Waals surface area contributed by atoms with E-state index in [-0.39, 0.29) is 6.03 Å². The quantitative estimate of drug-likeness (QED) is 0.667. The van der Waals surface area contributed by atoms with Crippen LogP contribution in [0.3, 0.4) is 0 Å². The summed E-state index contributed by atoms with van der Waals surface area (Å²) in [5, 5.41) is 7.90. The summed E-state index contributed by atoms with van der Waals surface area (Å²) in [5.41, 5.74) is 1.01. The normalized spacial score (nSPS) is 14.4. The van der Waals surface area contributed by atoms with E-state index in [1.165, 1.54) is 11.5 Å². The zero-order valence-corrected chi connectivity index (χ0v) is 17.1. The van der Waals surface area contributed by atoms with Crippen LogP contribution in [0, 0.1) is 0 Å². The number of nitrogens with zero attached hydrogens (tertiary/aromatic N) is 6. The molecule has 3 aromatic rings. The molecule has 0 aliphatic carbocycles. The van der Waals surface area contributed by atoms with Crippen LogP contribution in [-0.4, -0.2) is 56.2 Å². The molecule has 2 aromatic heterocycles. The molecule has 1 fully saturated rings. The molecule has 1 aromatic carbocycles. The van der Waals surface area contributed by atoms with Gasteiger partial charge >= 0.3 is 6.03 Å². The molecule has 1 aliphatic heterocycles. The van der Waals surface area contributed by atoms with Crippen molar-refractivity contribution >= 4 is 44.4 Å². The molecule has 4 rings (SSSR count). The summed E-state index contributed by atoms with van der Waals surface area (Å²) in [6.07, 6.45) is 1.66. The van der Waals surface area contributed by atoms with Crippen LogP contribution in [0.4, 0.5) is 15.7 Å². The van der Waals surface area contributed by atoms with Gasteiger partial charge in [0.05, 0.1) is 10.7 Å². The number of amides is 2. The smallest absolute Gasteiger partial charge is 0.323 e. The molecule has 1 aliphatic rings. The number of aromatic nitrogens is 4. The molecule has 0 radical (unpaired) electrons. The first kappa shape index (κ1) is 17.9. The van der Waals surface area contributed by atoms with Crippen LogP contribution in [0.5, 0.6) is 0 Å². The van der Waals surface area contributed by atoms with Gasteiger partial charge in [-0.15, -0.1) is 0 Å². The van der Waals surface area contributed by atoms with Crippen molar-refractivity contribution in [2.45, 2.75) is 0 Å². The Hall–Kier alpha value is -2.46. The molecule has 2 amide bonds. The van der Waals surface area contributed by atoms with Gasteiger partial charge in [-0.2, -0.15) is 14.5 Å². The van der Waals surface area contributed by atoms with Crippen molar-refractivity contribution in [1.82, 2.24) is 24.0 Å². The third-order valence-electron chi connectivity index (χ3n) is 4.40. The lowest BCUT2D eigenvalue weighted by molar-refractivity contribution is 0.208. The fourth-order valence-corrected chi connectivity index (χ4v) is 4.07. The van der Waals surface area contributed by atoms with Crippen molar-refractivity contribution in [1.29, 1.82) is 0 Å². The number of halogens is 1. The van der Waals surface area contributed by atoms with Gasteiger partial charge in [-0.3, -0.25) is 10.00 Å². The van der Waals surface area contributed by atoms with Gasteiger partial charge in [0.25, 0.3) is 0 Å². The molecule has 0 spiro atoms. The Morgan fingerprint density at radius 2 is 1.93 bits per heavy atom. The molecule has 1 N–H and O–H groups in total. The number of carbonyl (C=O) groups is 1. The van der Waals surface area contributed by atoms with Gasteiger partial charge in [-0.25, -0.2) is 4.79 Å². The maximum absolute atomic E-state index is 12.5. The largest absolute Gasteiger partial charge is 0.343 e. The summed E-state index contributed by atoms with van der Waals surface area (Å²) in [5.74, 6) is 1.40. The van der Waals surface area contributed by atoms with Crippen molar-refractivity contribution < 1.29 is 4.79 Å². The molecule has 0 atom stereocenters. The summed E-state index contributed by atoms with van der Waals surface area (Å²) >= 11 is 4.79. The number of urea groups is 1. The van der Waals surface area contributed by atoms with Crippen molar-refractivity contribution in [3.8, 4) is 11.4 Å². The molecule has 10 heteroatoms. The molecular formula is C17H18BrN7OS. The fraction of sp³-hybridized carbons (Fsp3) is 0.294. The van der Waals surface area contributed by atoms with Gasteiger partial charge in [-0.1, -0.05) is 30.3 Å². The van der Waals surface area contributed by atoms with Crippen molar-refractivity contribution in [2.75, 3.05) is 36.4 Å². The molecule has 140 valence electrons. The fourth-order valence-electron chi connectivity index (χ4n) is 2.88. The SMILES string of the molecule is Cn1ncc(Br)c1NC(=O)N1CCN(c2nc(-c3ccccc3)ns2)CC1. The van der Waals surface area contributed by atoms with E-state index in [1.807, 2.05) is 30.3 Å². The van der Waals surface area contributed by atoms with Crippen LogP contribution in [-0.2, 0) is 7.05 Å². The summed E-state index contributed by atoms with van der Waals surface area (Å²) in [6, 6.07) is 9.82. The van der Waals surface area contributed by atoms with E-state index < -0.39 is 0 Å². The lowest BCUT2D eigenvalue weighted by atomic mass is 10.2. The number of hydrogen-bond donors (Lipinski definition) is 1. The summed E-state index contributed by atoms with van der Waals surface area (Å²) in [6.45, 7) is 2.70. The lowest BCUT2D eigenvalue weighted by Gasteiger charge is -2.34. The Bertz CT molecular complexity index is 914. The monoisotopic (exact) mass is 447 g/mol. The van der Waals surface area contributed by atoms with E-state index in [1.54, 1.807) is 22.8 Å². The Morgan fingerprint density at radius 3 is 2.59 bits per heavy atom. The Morgan fingerprint density at radius 1 is 1.19 bits per heavy atom. The first-order chi connectivity index (χ1) is 13.1. The Labute approximate surface area is 169 Å². The number of hydrogen-bond acceptors (Lipinski definition) is 6. The summed E-state index contributed by atoms with van der Waals surface area (Å²) in [7, 11) is 1.79. The number of anilines is 2. The minimum absolute atomic E-state index is 0.124. The highest BCUT2D eigenvalue weighted by atomic mass is 79.9. The number of carbonyl (C=O) groups excluding carboxylic acids is 1. The Kier molecular flexibility index (Phi) is 5.08. The van der Waals surface area contributed by atoms with Crippen LogP contribution < -0.4 is 10.2 Å². The molecule has 27 heavy (non-hydrogen) atoms. The molecule has 8 nitrogen and oxygen atoms in total. The zero-order chi connectivity index (χ0) is 18.8. The van der Waals surface area contributed by atoms with Crippen molar-refractivity contribution in [3.63, 3.8) is 0 Å². The van der Waals surface area contributed by atoms with E-state index >= 15 is 0 Å². The minimum atomic E-state index is -0.124. The second-order valence-electron chi connectivity index (χ2n) is 6.14. The molecule has 3 heterocycles. The topological polar surface area (TPSA) is 79.2 Å². The van der Waals surface area contributed by atoms with Crippen LogP contribution in [0.2, 0.25) is 0 Å². The first-order valence-corrected chi connectivity index (χ1v) is 10.1. The van der Waals surface area contributed by atoms with E-state index in [0.29, 0.717) is 18.9 Å². The van der Waals surface area contributed by atoms with Crippen LogP contribution >= 0.6 is 27.5 Å². The predicted molar refractivity (Wildman–Crippen MR) is 109 cm³/mol. The third-order valence-corrected chi connectivity index (χ3v) is 5.76. The van der Waals surface area contributed by atoms with Gasteiger partial charge in [0, 0.05) is 50.3 Å². The standard InChI is InChI=1S/C17H18BrN7OS/c1-23-15(13(18)11-19-23)21-16(26)24-7-9-25(10-8-24)17-20-14(22-27-17)12-5-3-2-4-6-12/h2-6,11H,7-10H2,1H3,(H,21,26). The van der Waals surface area contributed by atoms with E-state index in [0.717, 1.165) is 34.1 Å². The average Bonchev–Trinajstić information content (AvgIpc) is 3.31. The number of benzene rings is 1. The minimum Gasteiger partial charge on any atom is -0.343 e. The van der Waals surface area contributed by atoms with E-state index in [9.17, 15) is 4.79 Å². The lowest BCUT2D eigenvalue weighted by Crippen LogP contribution is -2.50. The van der Waals surface area contributed by atoms with Gasteiger partial charge in [0.2, 0.25) is 5.13 Å². The molecule has 1 saturated heterocycles. The molecule has 0 unspecified atom stereocenters. The summed E-state index contributed by atoms with van der Waals surface area (Å²) in [4.78, 5) is 21.1. The van der Waals surface area contributed by atoms with Gasteiger partial charge in [0.1, 0.15) is 5.82 Å². The number of aryl methyl sites for hydroxylation is 1. The molecule has 0 saturated carbocycles. The first-order valence-electron chi connectivity index (χ1n) is 8.49. The van der Waals surface area contributed by atoms with Crippen LogP contribution in [0.25, 0.3) is 11.4 Å². The second-order valence-corrected chi connectivity index (χ2v) is 7.72. The highest BCUT2D eigenvalue weighted by molar-refractivity contribution is 9.10. The molecule has 0 bridgehead atoms. The second kappa shape index (κ2) is 7.65. The van der Waals surface area contributed by atoms with Crippen molar-refractivity contribution in [3.05, 3.63) is 41.0 Å². The van der Waals surface area contributed by atoms with Crippen molar-refractivity contribution in [2.24, 2.45) is 7.05 Å².